The molecule has 3 rings (SSSR count). The average molecular weight is 484 g/mol. The summed E-state index contributed by atoms with van der Waals surface area (Å²) in [6, 6.07) is 17.5. The zero-order valence-electron chi connectivity index (χ0n) is 28.7. The molecule has 2 aromatic carbocycles. The van der Waals surface area contributed by atoms with Gasteiger partial charge in [-0.2, -0.15) is 0 Å². The number of rotatable bonds is 11. The number of nitrogens with zero attached hydrogens (tertiary/aromatic N) is 3. The lowest BCUT2D eigenvalue weighted by molar-refractivity contribution is -0.160. The largest absolute Gasteiger partial charge is 0.458 e. The summed E-state index contributed by atoms with van der Waals surface area (Å²) in [4.78, 5) is 22.3. The highest BCUT2D eigenvalue weighted by Gasteiger charge is 2.18. The Morgan fingerprint density at radius 1 is 0.971 bits per heavy atom. The molecule has 0 N–H and O–H groups in total. The molecule has 35 heavy (non-hydrogen) atoms. The Bertz CT molecular complexity index is 1400. The van der Waals surface area contributed by atoms with Crippen molar-refractivity contribution < 1.29 is 25.2 Å². The molecule has 3 aromatic rings. The number of benzene rings is 2. The highest BCUT2D eigenvalue weighted by Crippen LogP contribution is 2.31. The molecule has 0 spiro atoms. The van der Waals surface area contributed by atoms with Crippen LogP contribution in [0.1, 0.15) is 58.3 Å². The summed E-state index contributed by atoms with van der Waals surface area (Å²) >= 11 is 0. The Labute approximate surface area is 220 Å². The maximum atomic E-state index is 12.1. The fraction of sp³-hybridized carbons (Fsp3) is 0.414. The van der Waals surface area contributed by atoms with Crippen molar-refractivity contribution in [1.82, 2.24) is 9.97 Å². The van der Waals surface area contributed by atoms with E-state index in [1.165, 1.54) is 6.20 Å². The summed E-state index contributed by atoms with van der Waals surface area (Å²) in [6.45, 7) is 0.258. The van der Waals surface area contributed by atoms with Crippen LogP contribution in [0.4, 0.5) is 5.82 Å². The summed E-state index contributed by atoms with van der Waals surface area (Å²) in [6.07, 6.45) is -5.89. The highest BCUT2D eigenvalue weighted by atomic mass is 16.6. The molecule has 0 saturated carbocycles. The summed E-state index contributed by atoms with van der Waals surface area (Å²) in [5.41, 5.74) is 1.41. The van der Waals surface area contributed by atoms with E-state index in [1.54, 1.807) is 34.6 Å². The minimum absolute atomic E-state index is 0.0894. The molecule has 0 aliphatic carbocycles. The molecule has 0 radical (unpaired) electrons. The van der Waals surface area contributed by atoms with E-state index in [0.717, 1.165) is 10.5 Å². The van der Waals surface area contributed by atoms with Crippen molar-refractivity contribution in [3.8, 4) is 22.5 Å². The van der Waals surface area contributed by atoms with Crippen molar-refractivity contribution in [3.63, 3.8) is 0 Å². The van der Waals surface area contributed by atoms with Gasteiger partial charge in [-0.1, -0.05) is 60.7 Å². The molecular formula is C29H37N3O3. The zero-order valence-corrected chi connectivity index (χ0v) is 20.7. The summed E-state index contributed by atoms with van der Waals surface area (Å²) in [5, 5.41) is 0. The van der Waals surface area contributed by atoms with Crippen molar-refractivity contribution in [2.45, 2.75) is 59.0 Å². The van der Waals surface area contributed by atoms with E-state index >= 15 is 0 Å². The molecule has 0 amide bonds. The molecule has 6 heteroatoms. The first-order valence-corrected chi connectivity index (χ1v) is 11.4. The third kappa shape index (κ3) is 8.18. The first-order valence-electron chi connectivity index (χ1n) is 15.4. The lowest BCUT2D eigenvalue weighted by atomic mass is 10.0. The van der Waals surface area contributed by atoms with Gasteiger partial charge in [0.25, 0.3) is 0 Å². The quantitative estimate of drug-likeness (QED) is 0.304. The maximum Gasteiger partial charge on any atom is 0.332 e. The molecule has 1 heterocycles. The maximum absolute atomic E-state index is 12.1. The fourth-order valence-electron chi connectivity index (χ4n) is 3.17. The topological polar surface area (TPSA) is 64.6 Å². The molecule has 0 saturated heterocycles. The van der Waals surface area contributed by atoms with E-state index in [2.05, 4.69) is 4.98 Å². The Balaban J connectivity index is 2.07. The van der Waals surface area contributed by atoms with Crippen molar-refractivity contribution in [1.29, 1.82) is 0 Å². The van der Waals surface area contributed by atoms with Crippen LogP contribution in [0, 0.1) is 0 Å². The predicted molar refractivity (Wildman–Crippen MR) is 141 cm³/mol. The van der Waals surface area contributed by atoms with E-state index in [9.17, 15) is 4.79 Å². The number of aromatic nitrogens is 2. The van der Waals surface area contributed by atoms with Crippen LogP contribution in [0.3, 0.4) is 0 Å². The molecule has 1 aromatic heterocycles. The van der Waals surface area contributed by atoms with Gasteiger partial charge in [-0.15, -0.1) is 0 Å². The summed E-state index contributed by atoms with van der Waals surface area (Å²) < 4.78 is 78.5. The fourth-order valence-corrected chi connectivity index (χ4v) is 3.17. The normalized spacial score (nSPS) is 16.5. The second-order valence-corrected chi connectivity index (χ2v) is 8.96. The molecular weight excluding hydrogens is 438 g/mol. The van der Waals surface area contributed by atoms with Crippen molar-refractivity contribution >= 4 is 11.8 Å². The van der Waals surface area contributed by atoms with Crippen LogP contribution < -0.4 is 4.90 Å². The summed E-state index contributed by atoms with van der Waals surface area (Å²) in [7, 11) is 0. The molecule has 0 aliphatic rings. The lowest BCUT2D eigenvalue weighted by Gasteiger charge is -2.28. The van der Waals surface area contributed by atoms with Gasteiger partial charge in [-0.3, -0.25) is 4.98 Å². The number of hydrogen-bond acceptors (Lipinski definition) is 6. The third-order valence-electron chi connectivity index (χ3n) is 4.59. The molecule has 0 bridgehead atoms. The average Bonchev–Trinajstić information content (AvgIpc) is 2.91. The molecule has 0 aliphatic heterocycles. The molecule has 0 unspecified atom stereocenters. The van der Waals surface area contributed by atoms with Crippen LogP contribution in [0.15, 0.2) is 66.9 Å². The van der Waals surface area contributed by atoms with Gasteiger partial charge in [0, 0.05) is 38.4 Å². The van der Waals surface area contributed by atoms with Gasteiger partial charge in [0.05, 0.1) is 20.3 Å². The van der Waals surface area contributed by atoms with Crippen LogP contribution in [-0.2, 0) is 14.3 Å². The van der Waals surface area contributed by atoms with E-state index in [0.29, 0.717) is 17.0 Å². The number of esters is 1. The van der Waals surface area contributed by atoms with Crippen molar-refractivity contribution in [2.24, 2.45) is 0 Å². The second-order valence-electron chi connectivity index (χ2n) is 8.96. The van der Waals surface area contributed by atoms with Crippen LogP contribution >= 0.6 is 0 Å². The third-order valence-corrected chi connectivity index (χ3v) is 4.59. The van der Waals surface area contributed by atoms with Gasteiger partial charge in [-0.05, 0) is 47.4 Å². The number of carbonyl (C=O) groups excluding carboxylic acids is 1. The van der Waals surface area contributed by atoms with Crippen molar-refractivity contribution in [3.05, 3.63) is 66.9 Å². The first kappa shape index (κ1) is 17.2. The van der Waals surface area contributed by atoms with Gasteiger partial charge >= 0.3 is 5.97 Å². The van der Waals surface area contributed by atoms with E-state index < -0.39 is 50.0 Å². The SMILES string of the molecule is [2H]C([2H])(OCC(=O)OC(C)(C)C)C([2H])([2H])C([2H])([2H])C([2H])([2H])N(c1cnc(-c2ccccc2)c(-c2ccccc2)n1)C(C)C. The van der Waals surface area contributed by atoms with Gasteiger partial charge in [-0.25, -0.2) is 9.78 Å². The minimum Gasteiger partial charge on any atom is -0.458 e. The Morgan fingerprint density at radius 2 is 1.57 bits per heavy atom. The van der Waals surface area contributed by atoms with Crippen LogP contribution in [0.25, 0.3) is 22.5 Å². The summed E-state index contributed by atoms with van der Waals surface area (Å²) in [5.74, 6) is -1.07. The van der Waals surface area contributed by atoms with E-state index in [-0.39, 0.29) is 5.82 Å². The van der Waals surface area contributed by atoms with Gasteiger partial charge < -0.3 is 14.4 Å². The van der Waals surface area contributed by atoms with Crippen molar-refractivity contribution in [2.75, 3.05) is 24.6 Å². The second kappa shape index (κ2) is 12.5. The Morgan fingerprint density at radius 3 is 2.14 bits per heavy atom. The van der Waals surface area contributed by atoms with Crippen LogP contribution in [0.2, 0.25) is 0 Å². The molecule has 0 atom stereocenters. The molecule has 186 valence electrons. The zero-order chi connectivity index (χ0) is 32.4. The highest BCUT2D eigenvalue weighted by molar-refractivity contribution is 5.78. The van der Waals surface area contributed by atoms with Gasteiger partial charge in [0.1, 0.15) is 18.0 Å². The standard InChI is InChI=1S/C29H37N3O3/c1-22(2)32(18-12-13-19-34-21-26(33)35-29(3,4)5)25-20-30-27(23-14-8-6-9-15-23)28(31-25)24-16-10-7-11-17-24/h6-11,14-17,20,22H,12-13,18-19,21H2,1-5H3/i12D2,13D2,18D2,19D2. The number of hydrogen-bond donors (Lipinski definition) is 0. The number of carbonyl (C=O) groups is 1. The first-order chi connectivity index (χ1) is 19.7. The molecule has 6 nitrogen and oxygen atoms in total. The van der Waals surface area contributed by atoms with Gasteiger partial charge in [0.2, 0.25) is 0 Å². The van der Waals surface area contributed by atoms with Crippen LogP contribution in [-0.4, -0.2) is 47.2 Å². The smallest absolute Gasteiger partial charge is 0.332 e. The molecule has 0 fully saturated rings. The number of anilines is 1. The van der Waals surface area contributed by atoms with Gasteiger partial charge in [0.15, 0.2) is 0 Å². The minimum atomic E-state index is -3.61. The predicted octanol–water partition coefficient (Wildman–Crippen LogP) is 6.16. The Hall–Kier alpha value is -3.25. The Kier molecular flexibility index (Phi) is 6.13. The monoisotopic (exact) mass is 483 g/mol. The lowest BCUT2D eigenvalue weighted by Crippen LogP contribution is -2.33. The van der Waals surface area contributed by atoms with E-state index in [4.69, 9.17) is 25.4 Å². The number of ether oxygens (including phenoxy) is 2. The van der Waals surface area contributed by atoms with Crippen LogP contribution in [0.5, 0.6) is 0 Å². The van der Waals surface area contributed by atoms with E-state index in [1.807, 2.05) is 60.7 Å².